The molecule has 2 aromatic rings. The van der Waals surface area contributed by atoms with Crippen molar-refractivity contribution in [1.82, 2.24) is 4.90 Å². The van der Waals surface area contributed by atoms with Gasteiger partial charge in [0, 0.05) is 12.2 Å². The molecular weight excluding hydrogens is 348 g/mol. The van der Waals surface area contributed by atoms with E-state index in [0.717, 1.165) is 5.56 Å². The fraction of sp³-hybridized carbons (Fsp3) is 0.300. The number of esters is 1. The first-order chi connectivity index (χ1) is 13.0. The topological polar surface area (TPSA) is 77.1 Å². The monoisotopic (exact) mass is 372 g/mol. The molecule has 0 spiro atoms. The van der Waals surface area contributed by atoms with Crippen molar-refractivity contribution in [1.29, 1.82) is 0 Å². The number of likely N-dealkylation sites (N-methyl/N-ethyl adjacent to an activating group) is 1. The molecule has 1 N–H and O–H groups in total. The number of carbonyl (C=O) groups is 2. The second-order valence-electron chi connectivity index (χ2n) is 5.98. The number of rotatable bonds is 8. The zero-order valence-electron chi connectivity index (χ0n) is 15.9. The lowest BCUT2D eigenvalue weighted by atomic mass is 10.2. The molecule has 27 heavy (non-hydrogen) atoms. The Labute approximate surface area is 158 Å². The number of hydrogen-bond acceptors (Lipinski definition) is 6. The van der Waals surface area contributed by atoms with E-state index in [1.165, 1.54) is 7.11 Å². The SMILES string of the molecule is COC(=O)c1ccc(NC(=O)CN(C)Cc2ccc(OC)c(OC)c2)cc1. The molecule has 0 aliphatic carbocycles. The molecule has 144 valence electrons. The number of nitrogens with one attached hydrogen (secondary N) is 1. The van der Waals surface area contributed by atoms with E-state index in [2.05, 4.69) is 10.1 Å². The van der Waals surface area contributed by atoms with Crippen LogP contribution >= 0.6 is 0 Å². The van der Waals surface area contributed by atoms with E-state index < -0.39 is 5.97 Å². The molecule has 1 amide bonds. The third-order valence-electron chi connectivity index (χ3n) is 3.90. The molecule has 0 aromatic heterocycles. The summed E-state index contributed by atoms with van der Waals surface area (Å²) >= 11 is 0. The maximum atomic E-state index is 12.2. The average molecular weight is 372 g/mol. The lowest BCUT2D eigenvalue weighted by Gasteiger charge is -2.17. The Hall–Kier alpha value is -3.06. The largest absolute Gasteiger partial charge is 0.493 e. The number of ether oxygens (including phenoxy) is 3. The summed E-state index contributed by atoms with van der Waals surface area (Å²) in [5.41, 5.74) is 2.05. The van der Waals surface area contributed by atoms with Crippen molar-refractivity contribution >= 4 is 17.6 Å². The highest BCUT2D eigenvalue weighted by atomic mass is 16.5. The minimum absolute atomic E-state index is 0.149. The second kappa shape index (κ2) is 9.59. The summed E-state index contributed by atoms with van der Waals surface area (Å²) in [6.07, 6.45) is 0. The smallest absolute Gasteiger partial charge is 0.337 e. The minimum atomic E-state index is -0.414. The van der Waals surface area contributed by atoms with Gasteiger partial charge in [-0.2, -0.15) is 0 Å². The third kappa shape index (κ3) is 5.72. The molecule has 0 saturated heterocycles. The van der Waals surface area contributed by atoms with E-state index in [9.17, 15) is 9.59 Å². The van der Waals surface area contributed by atoms with Gasteiger partial charge in [-0.05, 0) is 49.0 Å². The molecule has 0 saturated carbocycles. The van der Waals surface area contributed by atoms with Crippen LogP contribution in [0, 0.1) is 0 Å². The number of hydrogen-bond donors (Lipinski definition) is 1. The van der Waals surface area contributed by atoms with E-state index in [1.54, 1.807) is 38.5 Å². The molecule has 2 aromatic carbocycles. The Bertz CT molecular complexity index is 789. The highest BCUT2D eigenvalue weighted by Crippen LogP contribution is 2.27. The number of benzene rings is 2. The first kappa shape index (κ1) is 20.3. The summed E-state index contributed by atoms with van der Waals surface area (Å²) in [7, 11) is 6.36. The van der Waals surface area contributed by atoms with Crippen LogP contribution in [-0.2, 0) is 16.1 Å². The molecule has 0 fully saturated rings. The maximum Gasteiger partial charge on any atom is 0.337 e. The number of amides is 1. The number of methoxy groups -OCH3 is 3. The van der Waals surface area contributed by atoms with Gasteiger partial charge in [0.25, 0.3) is 0 Å². The molecule has 2 rings (SSSR count). The zero-order chi connectivity index (χ0) is 19.8. The predicted octanol–water partition coefficient (Wildman–Crippen LogP) is 2.56. The molecule has 0 unspecified atom stereocenters. The van der Waals surface area contributed by atoms with Crippen molar-refractivity contribution in [3.8, 4) is 11.5 Å². The highest BCUT2D eigenvalue weighted by Gasteiger charge is 2.11. The van der Waals surface area contributed by atoms with E-state index in [1.807, 2.05) is 30.1 Å². The standard InChI is InChI=1S/C20H24N2O5/c1-22(12-14-5-10-17(25-2)18(11-14)26-3)13-19(23)21-16-8-6-15(7-9-16)20(24)27-4/h5-11H,12-13H2,1-4H3,(H,21,23). The van der Waals surface area contributed by atoms with Crippen LogP contribution in [0.3, 0.4) is 0 Å². The van der Waals surface area contributed by atoms with Gasteiger partial charge in [-0.25, -0.2) is 4.79 Å². The zero-order valence-corrected chi connectivity index (χ0v) is 15.9. The fourth-order valence-corrected chi connectivity index (χ4v) is 2.60. The molecule has 0 heterocycles. The molecule has 7 heteroatoms. The van der Waals surface area contributed by atoms with Crippen molar-refractivity contribution in [2.24, 2.45) is 0 Å². The Morgan fingerprint density at radius 1 is 0.963 bits per heavy atom. The van der Waals surface area contributed by atoms with Gasteiger partial charge in [0.05, 0.1) is 33.4 Å². The van der Waals surface area contributed by atoms with Gasteiger partial charge < -0.3 is 19.5 Å². The average Bonchev–Trinajstić information content (AvgIpc) is 2.67. The predicted molar refractivity (Wildman–Crippen MR) is 102 cm³/mol. The van der Waals surface area contributed by atoms with Gasteiger partial charge in [-0.3, -0.25) is 9.69 Å². The summed E-state index contributed by atoms with van der Waals surface area (Å²) < 4.78 is 15.2. The molecule has 7 nitrogen and oxygen atoms in total. The molecular formula is C20H24N2O5. The van der Waals surface area contributed by atoms with Crippen LogP contribution in [0.2, 0.25) is 0 Å². The summed E-state index contributed by atoms with van der Waals surface area (Å²) in [4.78, 5) is 25.5. The Morgan fingerprint density at radius 2 is 1.63 bits per heavy atom. The maximum absolute atomic E-state index is 12.2. The quantitative estimate of drug-likeness (QED) is 0.718. The van der Waals surface area contributed by atoms with Crippen LogP contribution in [0.4, 0.5) is 5.69 Å². The second-order valence-corrected chi connectivity index (χ2v) is 5.98. The lowest BCUT2D eigenvalue weighted by Crippen LogP contribution is -2.29. The van der Waals surface area contributed by atoms with E-state index >= 15 is 0 Å². The van der Waals surface area contributed by atoms with Crippen LogP contribution < -0.4 is 14.8 Å². The first-order valence-corrected chi connectivity index (χ1v) is 8.34. The highest BCUT2D eigenvalue weighted by molar-refractivity contribution is 5.93. The number of nitrogens with zero attached hydrogens (tertiary/aromatic N) is 1. The molecule has 0 atom stereocenters. The molecule has 0 bridgehead atoms. The lowest BCUT2D eigenvalue weighted by molar-refractivity contribution is -0.117. The first-order valence-electron chi connectivity index (χ1n) is 8.34. The van der Waals surface area contributed by atoms with E-state index in [-0.39, 0.29) is 12.5 Å². The summed E-state index contributed by atoms with van der Waals surface area (Å²) in [5, 5.41) is 2.81. The van der Waals surface area contributed by atoms with Crippen molar-refractivity contribution in [3.63, 3.8) is 0 Å². The van der Waals surface area contributed by atoms with Crippen LogP contribution in [0.5, 0.6) is 11.5 Å². The van der Waals surface area contributed by atoms with Crippen molar-refractivity contribution in [2.75, 3.05) is 40.2 Å². The normalized spacial score (nSPS) is 10.4. The Morgan fingerprint density at radius 3 is 2.22 bits per heavy atom. The number of anilines is 1. The molecule has 0 radical (unpaired) electrons. The summed E-state index contributed by atoms with van der Waals surface area (Å²) in [6.45, 7) is 0.794. The van der Waals surface area contributed by atoms with Crippen LogP contribution in [0.25, 0.3) is 0 Å². The van der Waals surface area contributed by atoms with E-state index in [0.29, 0.717) is 29.3 Å². The van der Waals surface area contributed by atoms with Crippen molar-refractivity contribution in [2.45, 2.75) is 6.54 Å². The van der Waals surface area contributed by atoms with Crippen LogP contribution in [-0.4, -0.2) is 51.7 Å². The van der Waals surface area contributed by atoms with Gasteiger partial charge in [-0.15, -0.1) is 0 Å². The van der Waals surface area contributed by atoms with Gasteiger partial charge in [0.15, 0.2) is 11.5 Å². The van der Waals surface area contributed by atoms with Gasteiger partial charge in [-0.1, -0.05) is 6.07 Å². The third-order valence-corrected chi connectivity index (χ3v) is 3.90. The Kier molecular flexibility index (Phi) is 7.19. The van der Waals surface area contributed by atoms with Crippen LogP contribution in [0.1, 0.15) is 15.9 Å². The van der Waals surface area contributed by atoms with E-state index in [4.69, 9.17) is 9.47 Å². The molecule has 0 aliphatic heterocycles. The summed E-state index contributed by atoms with van der Waals surface area (Å²) in [5.74, 6) is 0.752. The van der Waals surface area contributed by atoms with Gasteiger partial charge in [0.2, 0.25) is 5.91 Å². The van der Waals surface area contributed by atoms with Gasteiger partial charge >= 0.3 is 5.97 Å². The van der Waals surface area contributed by atoms with Gasteiger partial charge in [0.1, 0.15) is 0 Å². The van der Waals surface area contributed by atoms with Crippen molar-refractivity contribution in [3.05, 3.63) is 53.6 Å². The summed E-state index contributed by atoms with van der Waals surface area (Å²) in [6, 6.07) is 12.2. The number of carbonyl (C=O) groups excluding carboxylic acids is 2. The Balaban J connectivity index is 1.91. The fourth-order valence-electron chi connectivity index (χ4n) is 2.60. The minimum Gasteiger partial charge on any atom is -0.493 e. The van der Waals surface area contributed by atoms with Crippen molar-refractivity contribution < 1.29 is 23.8 Å². The van der Waals surface area contributed by atoms with Crippen LogP contribution in [0.15, 0.2) is 42.5 Å². The molecule has 0 aliphatic rings.